The molecule has 4 heterocycles. The number of ether oxygens (including phenoxy) is 2. The van der Waals surface area contributed by atoms with Crippen LogP contribution in [0.2, 0.25) is 0 Å². The fraction of sp³-hybridized carbons (Fsp3) is 0.212. The number of carbonyl (C=O) groups is 3. The Labute approximate surface area is 270 Å². The zero-order valence-electron chi connectivity index (χ0n) is 25.2. The number of rotatable bonds is 9. The average Bonchev–Trinajstić information content (AvgIpc) is 3.80. The predicted molar refractivity (Wildman–Crippen MR) is 166 cm³/mol. The largest absolute Gasteiger partial charge is 0.485 e. The van der Waals surface area contributed by atoms with Gasteiger partial charge in [0.05, 0.1) is 34.9 Å². The molecule has 4 N–H and O–H groups in total. The lowest BCUT2D eigenvalue weighted by atomic mass is 10.1. The molecule has 0 saturated carbocycles. The van der Waals surface area contributed by atoms with Crippen molar-refractivity contribution in [2.45, 2.75) is 31.9 Å². The summed E-state index contributed by atoms with van der Waals surface area (Å²) in [5, 5.41) is 14.6. The van der Waals surface area contributed by atoms with Gasteiger partial charge in [0.15, 0.2) is 11.6 Å². The van der Waals surface area contributed by atoms with E-state index in [9.17, 15) is 32.7 Å². The number of anilines is 2. The molecule has 2 aliphatic rings. The summed E-state index contributed by atoms with van der Waals surface area (Å²) in [5.74, 6) is -1.35. The molecule has 3 aromatic carbocycles. The highest BCUT2D eigenvalue weighted by molar-refractivity contribution is 6.23. The van der Waals surface area contributed by atoms with Crippen LogP contribution in [0.15, 0.2) is 66.9 Å². The Bertz CT molecular complexity index is 2090. The minimum atomic E-state index is -2.83. The molecule has 2 saturated heterocycles. The number of hydrogen-bond acceptors (Lipinski definition) is 8. The van der Waals surface area contributed by atoms with Gasteiger partial charge in [0.25, 0.3) is 12.3 Å². The molecule has 5 aromatic rings. The van der Waals surface area contributed by atoms with Gasteiger partial charge >= 0.3 is 6.03 Å². The lowest BCUT2D eigenvalue weighted by Crippen LogP contribution is -2.35. The second-order valence-electron chi connectivity index (χ2n) is 11.5. The Balaban J connectivity index is 1.19. The number of carbonyl (C=O) groups excluding carboxylic acids is 3. The first-order chi connectivity index (χ1) is 23.0. The summed E-state index contributed by atoms with van der Waals surface area (Å²) >= 11 is 0. The third-order valence-electron chi connectivity index (χ3n) is 8.28. The van der Waals surface area contributed by atoms with Crippen LogP contribution in [0.1, 0.15) is 28.0 Å². The number of aromatic nitrogens is 3. The first kappa shape index (κ1) is 30.8. The monoisotopic (exact) mass is 660 g/mol. The first-order valence-electron chi connectivity index (χ1n) is 14.8. The lowest BCUT2D eigenvalue weighted by Gasteiger charge is -2.20. The predicted octanol–water partition coefficient (Wildman–Crippen LogP) is 4.95. The number of aryl methyl sites for hydroxylation is 1. The minimum Gasteiger partial charge on any atom is -0.485 e. The summed E-state index contributed by atoms with van der Waals surface area (Å²) in [4.78, 5) is 45.1. The topological polar surface area (TPSA) is 156 Å². The molecule has 0 bridgehead atoms. The Morgan fingerprint density at radius 1 is 1.10 bits per heavy atom. The molecule has 0 aliphatic carbocycles. The highest BCUT2D eigenvalue weighted by atomic mass is 19.3. The SMILES string of the molecule is Cc1cc(Oc2ccccc2F)ccc1-n1ncc(C(=O)c2cc3cc(OCC(F)F)c(N4C(=O)[C@@H]5C[C@@H](O)CN5C4=O)cc3[nH]2)c1N. The number of ketones is 1. The number of fused-ring (bicyclic) bond motifs is 2. The van der Waals surface area contributed by atoms with Gasteiger partial charge in [-0.15, -0.1) is 0 Å². The van der Waals surface area contributed by atoms with Crippen LogP contribution in [-0.4, -0.2) is 74.2 Å². The van der Waals surface area contributed by atoms with E-state index in [0.29, 0.717) is 27.9 Å². The molecule has 7 rings (SSSR count). The molecule has 0 radical (unpaired) electrons. The van der Waals surface area contributed by atoms with Crippen molar-refractivity contribution in [3.8, 4) is 22.9 Å². The maximum absolute atomic E-state index is 14.1. The van der Waals surface area contributed by atoms with Crippen molar-refractivity contribution in [2.24, 2.45) is 0 Å². The molecule has 246 valence electrons. The summed E-state index contributed by atoms with van der Waals surface area (Å²) in [6, 6.07) is 13.6. The highest BCUT2D eigenvalue weighted by Crippen LogP contribution is 2.40. The highest BCUT2D eigenvalue weighted by Gasteiger charge is 2.51. The van der Waals surface area contributed by atoms with E-state index in [0.717, 1.165) is 4.90 Å². The van der Waals surface area contributed by atoms with E-state index in [2.05, 4.69) is 10.1 Å². The molecule has 0 spiro atoms. The first-order valence-corrected chi connectivity index (χ1v) is 14.8. The molecule has 3 amide bonds. The van der Waals surface area contributed by atoms with E-state index < -0.39 is 48.7 Å². The number of H-pyrrole nitrogens is 1. The Hall–Kier alpha value is -5.83. The number of nitrogens with one attached hydrogen (secondary N) is 1. The normalized spacial score (nSPS) is 17.5. The quantitative estimate of drug-likeness (QED) is 0.148. The number of amides is 3. The summed E-state index contributed by atoms with van der Waals surface area (Å²) in [6.07, 6.45) is -2.33. The van der Waals surface area contributed by atoms with Crippen LogP contribution in [0.5, 0.6) is 17.2 Å². The van der Waals surface area contributed by atoms with Crippen LogP contribution in [0.4, 0.5) is 29.5 Å². The zero-order valence-corrected chi connectivity index (χ0v) is 25.2. The molecule has 12 nitrogen and oxygen atoms in total. The Morgan fingerprint density at radius 2 is 1.90 bits per heavy atom. The number of halogens is 3. The number of alkyl halides is 2. The lowest BCUT2D eigenvalue weighted by molar-refractivity contribution is -0.119. The van der Waals surface area contributed by atoms with Gasteiger partial charge < -0.3 is 30.2 Å². The Kier molecular flexibility index (Phi) is 7.55. The fourth-order valence-electron chi connectivity index (χ4n) is 6.02. The van der Waals surface area contributed by atoms with E-state index in [4.69, 9.17) is 15.2 Å². The molecule has 2 aromatic heterocycles. The van der Waals surface area contributed by atoms with Gasteiger partial charge in [-0.25, -0.2) is 27.5 Å². The van der Waals surface area contributed by atoms with Gasteiger partial charge in [0.2, 0.25) is 5.78 Å². The fourth-order valence-corrected chi connectivity index (χ4v) is 6.02. The van der Waals surface area contributed by atoms with Crippen molar-refractivity contribution in [3.05, 3.63) is 89.5 Å². The number of urea groups is 1. The van der Waals surface area contributed by atoms with E-state index >= 15 is 0 Å². The third kappa shape index (κ3) is 5.27. The van der Waals surface area contributed by atoms with E-state index in [1.165, 1.54) is 46.1 Å². The van der Waals surface area contributed by atoms with Crippen LogP contribution >= 0.6 is 0 Å². The summed E-state index contributed by atoms with van der Waals surface area (Å²) in [5.41, 5.74) is 7.98. The summed E-state index contributed by atoms with van der Waals surface area (Å²) in [7, 11) is 0. The minimum absolute atomic E-state index is 0.0298. The van der Waals surface area contributed by atoms with Crippen molar-refractivity contribution in [2.75, 3.05) is 23.8 Å². The third-order valence-corrected chi connectivity index (χ3v) is 8.28. The van der Waals surface area contributed by atoms with Gasteiger partial charge in [-0.3, -0.25) is 9.59 Å². The molecule has 2 aliphatic heterocycles. The maximum atomic E-state index is 14.1. The van der Waals surface area contributed by atoms with Gasteiger partial charge in [0.1, 0.15) is 30.0 Å². The standard InChI is InChI=1S/C33H27F3N6O6/c1-16-8-19(48-27-5-3-2-4-21(27)34)6-7-24(16)42-31(37)20(13-38-42)30(44)23-9-17-10-28(47-15-29(35)36)25(12-22(17)39-23)41-32(45)26-11-18(43)14-40(26)33(41)46/h2-10,12-13,18,26,29,39,43H,11,14-15,37H2,1H3/t18-,26+/m1/s1. The number of imide groups is 1. The van der Waals surface area contributed by atoms with Gasteiger partial charge in [-0.05, 0) is 61.0 Å². The van der Waals surface area contributed by atoms with Crippen LogP contribution in [-0.2, 0) is 4.79 Å². The number of aromatic amines is 1. The number of aliphatic hydroxyl groups is 1. The maximum Gasteiger partial charge on any atom is 0.332 e. The summed E-state index contributed by atoms with van der Waals surface area (Å²) < 4.78 is 52.7. The van der Waals surface area contributed by atoms with Crippen LogP contribution in [0, 0.1) is 12.7 Å². The van der Waals surface area contributed by atoms with Crippen LogP contribution < -0.4 is 20.1 Å². The van der Waals surface area contributed by atoms with Crippen LogP contribution in [0.25, 0.3) is 16.6 Å². The molecule has 0 unspecified atom stereocenters. The van der Waals surface area contributed by atoms with E-state index in [1.807, 2.05) is 0 Å². The van der Waals surface area contributed by atoms with Crippen LogP contribution in [0.3, 0.4) is 0 Å². The number of nitrogens with zero attached hydrogens (tertiary/aromatic N) is 4. The molecule has 2 atom stereocenters. The van der Waals surface area contributed by atoms with E-state index in [1.54, 1.807) is 37.3 Å². The molecule has 15 heteroatoms. The molecular weight excluding hydrogens is 633 g/mol. The van der Waals surface area contributed by atoms with Crippen molar-refractivity contribution < 1.29 is 42.1 Å². The average molecular weight is 661 g/mol. The van der Waals surface area contributed by atoms with Gasteiger partial charge in [0, 0.05) is 23.9 Å². The number of nitrogens with two attached hydrogens (primary N) is 1. The molecule has 48 heavy (non-hydrogen) atoms. The number of nitrogen functional groups attached to an aromatic ring is 1. The Morgan fingerprint density at radius 3 is 2.62 bits per heavy atom. The zero-order chi connectivity index (χ0) is 33.9. The second-order valence-corrected chi connectivity index (χ2v) is 11.5. The number of hydrogen-bond donors (Lipinski definition) is 3. The van der Waals surface area contributed by atoms with Gasteiger partial charge in [-0.2, -0.15) is 5.10 Å². The number of aliphatic hydroxyl groups excluding tert-OH is 1. The second kappa shape index (κ2) is 11.8. The smallest absolute Gasteiger partial charge is 0.332 e. The van der Waals surface area contributed by atoms with Crippen molar-refractivity contribution in [1.82, 2.24) is 19.7 Å². The molecule has 2 fully saturated rings. The van der Waals surface area contributed by atoms with Crippen molar-refractivity contribution in [3.63, 3.8) is 0 Å². The summed E-state index contributed by atoms with van der Waals surface area (Å²) in [6.45, 7) is 0.738. The molecular formula is C33H27F3N6O6. The van der Waals surface area contributed by atoms with Crippen molar-refractivity contribution >= 4 is 40.1 Å². The van der Waals surface area contributed by atoms with E-state index in [-0.39, 0.29) is 47.2 Å². The number of benzene rings is 3. The van der Waals surface area contributed by atoms with Crippen molar-refractivity contribution in [1.29, 1.82) is 0 Å². The van der Waals surface area contributed by atoms with Gasteiger partial charge in [-0.1, -0.05) is 12.1 Å². The number of para-hydroxylation sites is 1.